The van der Waals surface area contributed by atoms with Crippen molar-refractivity contribution in [3.05, 3.63) is 29.3 Å². The van der Waals surface area contributed by atoms with Gasteiger partial charge in [0.15, 0.2) is 11.9 Å². The summed E-state index contributed by atoms with van der Waals surface area (Å²) in [5.74, 6) is 0.869. The first kappa shape index (κ1) is 18.1. The Morgan fingerprint density at radius 3 is 2.72 bits per heavy atom. The number of piperazine rings is 1. The molecule has 2 aromatic rings. The second kappa shape index (κ2) is 7.24. The number of hydrogen-bond acceptors (Lipinski definition) is 6. The predicted octanol–water partition coefficient (Wildman–Crippen LogP) is -0.0391. The van der Waals surface area contributed by atoms with E-state index >= 15 is 0 Å². The third-order valence-electron chi connectivity index (χ3n) is 4.34. The van der Waals surface area contributed by atoms with Crippen LogP contribution >= 0.6 is 11.3 Å². The molecule has 25 heavy (non-hydrogen) atoms. The number of carbonyl (C=O) groups is 1. The fourth-order valence-electron chi connectivity index (χ4n) is 2.83. The zero-order valence-electron chi connectivity index (χ0n) is 14.1. The fourth-order valence-corrected chi connectivity index (χ4v) is 5.42. The smallest absolute Gasteiger partial charge is 0.283 e. The highest BCUT2D eigenvalue weighted by molar-refractivity contribution is 7.91. The summed E-state index contributed by atoms with van der Waals surface area (Å²) in [6.07, 6.45) is 0. The summed E-state index contributed by atoms with van der Waals surface area (Å²) in [6, 6.07) is 4.71. The molecule has 1 amide bonds. The Hall–Kier alpha value is -1.75. The van der Waals surface area contributed by atoms with Crippen LogP contribution in [0, 0.1) is 6.92 Å². The van der Waals surface area contributed by atoms with Crippen molar-refractivity contribution in [3.63, 3.8) is 0 Å². The molecule has 0 bridgehead atoms. The number of anilines is 1. The van der Waals surface area contributed by atoms with Gasteiger partial charge in [0, 0.05) is 6.07 Å². The van der Waals surface area contributed by atoms with E-state index in [1.807, 2.05) is 6.92 Å². The Morgan fingerprint density at radius 1 is 1.44 bits per heavy atom. The van der Waals surface area contributed by atoms with Gasteiger partial charge in [-0.3, -0.25) is 4.79 Å². The van der Waals surface area contributed by atoms with Crippen LogP contribution in [0.25, 0.3) is 0 Å². The van der Waals surface area contributed by atoms with Crippen molar-refractivity contribution in [2.45, 2.75) is 24.1 Å². The van der Waals surface area contributed by atoms with Crippen LogP contribution in [-0.2, 0) is 14.8 Å². The summed E-state index contributed by atoms with van der Waals surface area (Å²) >= 11 is 1.22. The second-order valence-corrected chi connectivity index (χ2v) is 9.14. The molecular formula is C15H21N4O4S2+. The van der Waals surface area contributed by atoms with Gasteiger partial charge in [-0.15, -0.1) is 11.3 Å². The highest BCUT2D eigenvalue weighted by atomic mass is 32.2. The van der Waals surface area contributed by atoms with E-state index in [1.165, 1.54) is 15.6 Å². The number of amides is 1. The molecule has 0 radical (unpaired) electrons. The number of rotatable bonds is 5. The van der Waals surface area contributed by atoms with Crippen molar-refractivity contribution in [1.82, 2.24) is 9.46 Å². The maximum Gasteiger partial charge on any atom is 0.283 e. The third kappa shape index (κ3) is 3.92. The lowest BCUT2D eigenvalue weighted by Crippen LogP contribution is -3.19. The van der Waals surface area contributed by atoms with E-state index in [2.05, 4.69) is 10.5 Å². The Kier molecular flexibility index (Phi) is 5.23. The lowest BCUT2D eigenvalue weighted by atomic mass is 10.2. The summed E-state index contributed by atoms with van der Waals surface area (Å²) in [5.41, 5.74) is 0. The molecule has 0 saturated carbocycles. The Morgan fingerprint density at radius 2 is 2.16 bits per heavy atom. The minimum Gasteiger partial charge on any atom is -0.360 e. The lowest BCUT2D eigenvalue weighted by Gasteiger charge is -2.33. The van der Waals surface area contributed by atoms with Crippen molar-refractivity contribution < 1.29 is 22.6 Å². The zero-order valence-corrected chi connectivity index (χ0v) is 15.7. The van der Waals surface area contributed by atoms with Gasteiger partial charge in [0.25, 0.3) is 15.9 Å². The average molecular weight is 385 g/mol. The van der Waals surface area contributed by atoms with Gasteiger partial charge in [-0.25, -0.2) is 8.42 Å². The monoisotopic (exact) mass is 385 g/mol. The van der Waals surface area contributed by atoms with Gasteiger partial charge in [-0.1, -0.05) is 11.2 Å². The summed E-state index contributed by atoms with van der Waals surface area (Å²) in [6.45, 7) is 5.55. The first-order valence-corrected chi connectivity index (χ1v) is 10.3. The number of nitrogens with zero attached hydrogens (tertiary/aromatic N) is 2. The number of aryl methyl sites for hydroxylation is 1. The molecule has 0 spiro atoms. The van der Waals surface area contributed by atoms with Crippen LogP contribution in [0.2, 0.25) is 0 Å². The molecular weight excluding hydrogens is 364 g/mol. The normalized spacial score (nSPS) is 18.2. The predicted molar refractivity (Wildman–Crippen MR) is 93.1 cm³/mol. The molecule has 2 N–H and O–H groups in total. The molecule has 0 aliphatic carbocycles. The highest BCUT2D eigenvalue weighted by Crippen LogP contribution is 2.20. The van der Waals surface area contributed by atoms with E-state index in [0.717, 1.165) is 4.90 Å². The van der Waals surface area contributed by atoms with Crippen LogP contribution in [0.3, 0.4) is 0 Å². The number of sulfonamides is 1. The molecule has 1 saturated heterocycles. The van der Waals surface area contributed by atoms with Crippen LogP contribution in [0.1, 0.15) is 12.7 Å². The molecule has 0 aromatic carbocycles. The summed E-state index contributed by atoms with van der Waals surface area (Å²) in [5, 5.41) is 8.24. The molecule has 3 heterocycles. The van der Waals surface area contributed by atoms with Crippen LogP contribution in [-0.4, -0.2) is 56.0 Å². The van der Waals surface area contributed by atoms with E-state index in [0.29, 0.717) is 42.0 Å². The van der Waals surface area contributed by atoms with Gasteiger partial charge in [0.05, 0.1) is 26.2 Å². The summed E-state index contributed by atoms with van der Waals surface area (Å²) in [7, 11) is -3.42. The van der Waals surface area contributed by atoms with E-state index in [-0.39, 0.29) is 11.9 Å². The van der Waals surface area contributed by atoms with Gasteiger partial charge in [0.2, 0.25) is 0 Å². The molecule has 1 aliphatic rings. The van der Waals surface area contributed by atoms with Gasteiger partial charge in [0.1, 0.15) is 9.97 Å². The van der Waals surface area contributed by atoms with E-state index in [4.69, 9.17) is 4.52 Å². The quantitative estimate of drug-likeness (QED) is 0.753. The van der Waals surface area contributed by atoms with Gasteiger partial charge in [-0.05, 0) is 25.3 Å². The minimum absolute atomic E-state index is 0.155. The van der Waals surface area contributed by atoms with Crippen molar-refractivity contribution >= 4 is 33.1 Å². The first-order valence-electron chi connectivity index (χ1n) is 8.00. The van der Waals surface area contributed by atoms with Crippen molar-refractivity contribution in [1.29, 1.82) is 0 Å². The molecule has 2 aromatic heterocycles. The molecule has 1 aliphatic heterocycles. The Labute approximate surface area is 150 Å². The van der Waals surface area contributed by atoms with Crippen molar-refractivity contribution in [3.8, 4) is 0 Å². The van der Waals surface area contributed by atoms with Gasteiger partial charge < -0.3 is 14.7 Å². The molecule has 1 atom stereocenters. The zero-order chi connectivity index (χ0) is 18.0. The number of carbonyl (C=O) groups excluding carboxylic acids is 1. The van der Waals surface area contributed by atoms with Crippen molar-refractivity contribution in [2.75, 3.05) is 31.5 Å². The third-order valence-corrected chi connectivity index (χ3v) is 7.61. The Bertz CT molecular complexity index is 824. The van der Waals surface area contributed by atoms with E-state index in [9.17, 15) is 13.2 Å². The topological polar surface area (TPSA) is 97.0 Å². The fraction of sp³-hybridized carbons (Fsp3) is 0.467. The largest absolute Gasteiger partial charge is 0.360 e. The average Bonchev–Trinajstić information content (AvgIpc) is 3.26. The molecule has 8 nitrogen and oxygen atoms in total. The van der Waals surface area contributed by atoms with Gasteiger partial charge >= 0.3 is 0 Å². The van der Waals surface area contributed by atoms with Gasteiger partial charge in [-0.2, -0.15) is 4.31 Å². The SMILES string of the molecule is Cc1cc(NC(=O)[C@@H](C)[NH+]2CCN(S(=O)(=O)c3cccs3)CC2)no1. The van der Waals surface area contributed by atoms with Crippen LogP contribution in [0.4, 0.5) is 5.82 Å². The number of thiophene rings is 1. The molecule has 136 valence electrons. The minimum atomic E-state index is -3.42. The standard InChI is InChI=1S/C15H20N4O4S2/c1-11-10-13(17-23-11)16-15(20)12(2)18-5-7-19(8-6-18)25(21,22)14-4-3-9-24-14/h3-4,9-10,12H,5-8H2,1-2H3,(H,16,17,20)/p+1/t12-/m1/s1. The van der Waals surface area contributed by atoms with E-state index < -0.39 is 10.0 Å². The van der Waals surface area contributed by atoms with Crippen LogP contribution in [0.15, 0.2) is 32.3 Å². The van der Waals surface area contributed by atoms with Crippen LogP contribution < -0.4 is 10.2 Å². The summed E-state index contributed by atoms with van der Waals surface area (Å²) in [4.78, 5) is 13.4. The maximum atomic E-state index is 12.5. The lowest BCUT2D eigenvalue weighted by molar-refractivity contribution is -0.917. The molecule has 0 unspecified atom stereocenters. The molecule has 3 rings (SSSR count). The molecule has 10 heteroatoms. The number of quaternary nitrogens is 1. The number of nitrogens with one attached hydrogen (secondary N) is 2. The summed E-state index contributed by atoms with van der Waals surface area (Å²) < 4.78 is 31.9. The molecule has 1 fully saturated rings. The maximum absolute atomic E-state index is 12.5. The van der Waals surface area contributed by atoms with E-state index in [1.54, 1.807) is 30.5 Å². The second-order valence-electron chi connectivity index (χ2n) is 6.03. The highest BCUT2D eigenvalue weighted by Gasteiger charge is 2.34. The number of aromatic nitrogens is 1. The first-order chi connectivity index (χ1) is 11.9. The Balaban J connectivity index is 1.57. The number of hydrogen-bond donors (Lipinski definition) is 2. The van der Waals surface area contributed by atoms with Crippen molar-refractivity contribution in [2.24, 2.45) is 0 Å². The van der Waals surface area contributed by atoms with Crippen LogP contribution in [0.5, 0.6) is 0 Å².